The van der Waals surface area contributed by atoms with E-state index in [1.165, 1.54) is 6.20 Å². The van der Waals surface area contributed by atoms with Gasteiger partial charge < -0.3 is 9.90 Å². The van der Waals surface area contributed by atoms with Crippen LogP contribution in [-0.4, -0.2) is 22.3 Å². The van der Waals surface area contributed by atoms with Gasteiger partial charge in [0, 0.05) is 23.3 Å². The van der Waals surface area contributed by atoms with Gasteiger partial charge in [-0.2, -0.15) is 0 Å². The SMILES string of the molecule is O=CCC(C(=O)O)c1cncc(Br)c1. The second kappa shape index (κ2) is 4.85. The predicted molar refractivity (Wildman–Crippen MR) is 53.0 cm³/mol. The van der Waals surface area contributed by atoms with E-state index in [2.05, 4.69) is 20.9 Å². The fourth-order valence-corrected chi connectivity index (χ4v) is 1.48. The van der Waals surface area contributed by atoms with E-state index in [0.29, 0.717) is 16.3 Å². The maximum absolute atomic E-state index is 10.8. The third kappa shape index (κ3) is 2.63. The molecule has 0 saturated carbocycles. The number of carboxylic acids is 1. The summed E-state index contributed by atoms with van der Waals surface area (Å²) >= 11 is 3.19. The highest BCUT2D eigenvalue weighted by molar-refractivity contribution is 9.10. The van der Waals surface area contributed by atoms with Crippen LogP contribution in [0.5, 0.6) is 0 Å². The first-order valence-corrected chi connectivity index (χ1v) is 4.71. The Morgan fingerprint density at radius 2 is 2.36 bits per heavy atom. The summed E-state index contributed by atoms with van der Waals surface area (Å²) in [5.74, 6) is -1.82. The van der Waals surface area contributed by atoms with Crippen molar-refractivity contribution in [3.05, 3.63) is 28.5 Å². The smallest absolute Gasteiger partial charge is 0.311 e. The highest BCUT2D eigenvalue weighted by Gasteiger charge is 2.19. The molecule has 1 rings (SSSR count). The van der Waals surface area contributed by atoms with Crippen LogP contribution < -0.4 is 0 Å². The lowest BCUT2D eigenvalue weighted by Gasteiger charge is -2.08. The van der Waals surface area contributed by atoms with Crippen molar-refractivity contribution in [1.29, 1.82) is 0 Å². The standard InChI is InChI=1S/C9H8BrNO3/c10-7-3-6(4-11-5-7)8(1-2-12)9(13)14/h2-5,8H,1H2,(H,13,14). The highest BCUT2D eigenvalue weighted by atomic mass is 79.9. The van der Waals surface area contributed by atoms with Crippen molar-refractivity contribution >= 4 is 28.2 Å². The molecule has 0 aliphatic rings. The minimum atomic E-state index is -1.02. The molecular formula is C9H8BrNO3. The fraction of sp³-hybridized carbons (Fsp3) is 0.222. The van der Waals surface area contributed by atoms with Crippen molar-refractivity contribution in [1.82, 2.24) is 4.98 Å². The lowest BCUT2D eigenvalue weighted by Crippen LogP contribution is -2.12. The molecule has 0 radical (unpaired) electrons. The molecule has 74 valence electrons. The van der Waals surface area contributed by atoms with E-state index >= 15 is 0 Å². The second-order valence-electron chi connectivity index (χ2n) is 2.73. The van der Waals surface area contributed by atoms with Gasteiger partial charge in [-0.15, -0.1) is 0 Å². The lowest BCUT2D eigenvalue weighted by molar-refractivity contribution is -0.139. The Hall–Kier alpha value is -1.23. The van der Waals surface area contributed by atoms with Crippen LogP contribution in [0, 0.1) is 0 Å². The van der Waals surface area contributed by atoms with E-state index in [-0.39, 0.29) is 6.42 Å². The van der Waals surface area contributed by atoms with Crippen LogP contribution in [-0.2, 0) is 9.59 Å². The number of aldehydes is 1. The molecule has 0 fully saturated rings. The minimum Gasteiger partial charge on any atom is -0.481 e. The summed E-state index contributed by atoms with van der Waals surface area (Å²) in [6.45, 7) is 0. The molecule has 0 aliphatic heterocycles. The molecule has 1 N–H and O–H groups in total. The van der Waals surface area contributed by atoms with E-state index in [9.17, 15) is 9.59 Å². The molecule has 1 atom stereocenters. The largest absolute Gasteiger partial charge is 0.481 e. The van der Waals surface area contributed by atoms with Crippen LogP contribution in [0.3, 0.4) is 0 Å². The Morgan fingerprint density at radius 3 is 2.86 bits per heavy atom. The van der Waals surface area contributed by atoms with Crippen LogP contribution in [0.25, 0.3) is 0 Å². The van der Waals surface area contributed by atoms with Crippen LogP contribution in [0.1, 0.15) is 17.9 Å². The molecule has 0 amide bonds. The van der Waals surface area contributed by atoms with Crippen LogP contribution >= 0.6 is 15.9 Å². The zero-order chi connectivity index (χ0) is 10.6. The molecule has 1 heterocycles. The average Bonchev–Trinajstić information content (AvgIpc) is 2.13. The quantitative estimate of drug-likeness (QED) is 0.833. The van der Waals surface area contributed by atoms with Crippen molar-refractivity contribution in [2.24, 2.45) is 0 Å². The van der Waals surface area contributed by atoms with E-state index in [4.69, 9.17) is 5.11 Å². The third-order valence-electron chi connectivity index (χ3n) is 1.76. The van der Waals surface area contributed by atoms with Gasteiger partial charge in [0.2, 0.25) is 0 Å². The number of carbonyl (C=O) groups excluding carboxylic acids is 1. The normalized spacial score (nSPS) is 12.1. The zero-order valence-electron chi connectivity index (χ0n) is 7.18. The molecule has 0 saturated heterocycles. The molecule has 1 unspecified atom stereocenters. The van der Waals surface area contributed by atoms with Gasteiger partial charge in [0.05, 0.1) is 5.92 Å². The molecule has 5 heteroatoms. The van der Waals surface area contributed by atoms with Gasteiger partial charge in [-0.1, -0.05) is 0 Å². The Balaban J connectivity index is 2.98. The third-order valence-corrected chi connectivity index (χ3v) is 2.19. The van der Waals surface area contributed by atoms with E-state index < -0.39 is 11.9 Å². The Morgan fingerprint density at radius 1 is 1.64 bits per heavy atom. The maximum atomic E-state index is 10.8. The van der Waals surface area contributed by atoms with Crippen molar-refractivity contribution < 1.29 is 14.7 Å². The summed E-state index contributed by atoms with van der Waals surface area (Å²) in [7, 11) is 0. The first-order valence-electron chi connectivity index (χ1n) is 3.92. The number of aliphatic carboxylic acids is 1. The summed E-state index contributed by atoms with van der Waals surface area (Å²) < 4.78 is 0.701. The number of aromatic nitrogens is 1. The number of hydrogen-bond acceptors (Lipinski definition) is 3. The number of halogens is 1. The molecule has 1 aromatic heterocycles. The Kier molecular flexibility index (Phi) is 3.76. The molecule has 4 nitrogen and oxygen atoms in total. The van der Waals surface area contributed by atoms with Gasteiger partial charge in [-0.05, 0) is 27.6 Å². The Bertz CT molecular complexity index is 354. The predicted octanol–water partition coefficient (Wildman–Crippen LogP) is 1.60. The van der Waals surface area contributed by atoms with Crippen LogP contribution in [0.2, 0.25) is 0 Å². The number of carboxylic acid groups (broad SMARTS) is 1. The van der Waals surface area contributed by atoms with E-state index in [1.807, 2.05) is 0 Å². The second-order valence-corrected chi connectivity index (χ2v) is 3.65. The van der Waals surface area contributed by atoms with Gasteiger partial charge >= 0.3 is 5.97 Å². The van der Waals surface area contributed by atoms with Crippen molar-refractivity contribution in [2.45, 2.75) is 12.3 Å². The first-order chi connectivity index (χ1) is 6.65. The maximum Gasteiger partial charge on any atom is 0.311 e. The lowest BCUT2D eigenvalue weighted by atomic mass is 9.98. The molecule has 14 heavy (non-hydrogen) atoms. The van der Waals surface area contributed by atoms with Gasteiger partial charge in [0.25, 0.3) is 0 Å². The molecular weight excluding hydrogens is 250 g/mol. The van der Waals surface area contributed by atoms with Crippen molar-refractivity contribution in [2.75, 3.05) is 0 Å². The summed E-state index contributed by atoms with van der Waals surface area (Å²) in [4.78, 5) is 24.9. The number of carbonyl (C=O) groups is 2. The van der Waals surface area contributed by atoms with E-state index in [0.717, 1.165) is 0 Å². The summed E-state index contributed by atoms with van der Waals surface area (Å²) in [6, 6.07) is 1.65. The van der Waals surface area contributed by atoms with Gasteiger partial charge in [-0.25, -0.2) is 0 Å². The molecule has 0 aliphatic carbocycles. The summed E-state index contributed by atoms with van der Waals surface area (Å²) in [5.41, 5.74) is 0.527. The van der Waals surface area contributed by atoms with Gasteiger partial charge in [0.1, 0.15) is 6.29 Å². The van der Waals surface area contributed by atoms with Crippen LogP contribution in [0.4, 0.5) is 0 Å². The topological polar surface area (TPSA) is 67.3 Å². The van der Waals surface area contributed by atoms with Gasteiger partial charge in [-0.3, -0.25) is 9.78 Å². The first kappa shape index (κ1) is 10.8. The van der Waals surface area contributed by atoms with Crippen molar-refractivity contribution in [3.63, 3.8) is 0 Å². The number of nitrogens with zero attached hydrogens (tertiary/aromatic N) is 1. The fourth-order valence-electron chi connectivity index (χ4n) is 1.09. The Labute approximate surface area is 89.1 Å². The monoisotopic (exact) mass is 257 g/mol. The molecule has 0 spiro atoms. The number of rotatable bonds is 4. The zero-order valence-corrected chi connectivity index (χ0v) is 8.77. The van der Waals surface area contributed by atoms with Gasteiger partial charge in [0.15, 0.2) is 0 Å². The number of hydrogen-bond donors (Lipinski definition) is 1. The summed E-state index contributed by atoms with van der Waals surface area (Å²) in [6.07, 6.45) is 3.57. The average molecular weight is 258 g/mol. The molecule has 1 aromatic rings. The highest BCUT2D eigenvalue weighted by Crippen LogP contribution is 2.21. The number of pyridine rings is 1. The van der Waals surface area contributed by atoms with E-state index in [1.54, 1.807) is 12.3 Å². The van der Waals surface area contributed by atoms with Crippen molar-refractivity contribution in [3.8, 4) is 0 Å². The molecule has 0 aromatic carbocycles. The minimum absolute atomic E-state index is 0.0343. The summed E-state index contributed by atoms with van der Waals surface area (Å²) in [5, 5.41) is 8.85. The molecule has 0 bridgehead atoms. The van der Waals surface area contributed by atoms with Crippen LogP contribution in [0.15, 0.2) is 22.9 Å².